The number of hydrogen-bond donors (Lipinski definition) is 1. The molecule has 0 aliphatic carbocycles. The van der Waals surface area contributed by atoms with Gasteiger partial charge in [-0.25, -0.2) is 19.6 Å². The molecule has 164 valence electrons. The van der Waals surface area contributed by atoms with E-state index in [1.165, 1.54) is 0 Å². The number of anilines is 2. The van der Waals surface area contributed by atoms with E-state index >= 15 is 0 Å². The number of hydrogen-bond acceptors (Lipinski definition) is 9. The third-order valence-corrected chi connectivity index (χ3v) is 6.14. The van der Waals surface area contributed by atoms with Crippen LogP contribution in [-0.4, -0.2) is 69.2 Å². The highest BCUT2D eigenvalue weighted by molar-refractivity contribution is 5.94. The van der Waals surface area contributed by atoms with E-state index in [1.807, 2.05) is 24.4 Å². The Balaban J connectivity index is 1.52. The van der Waals surface area contributed by atoms with Gasteiger partial charge in [0.15, 0.2) is 5.65 Å². The number of nitrogens with two attached hydrogens (primary N) is 1. The van der Waals surface area contributed by atoms with Gasteiger partial charge in [-0.05, 0) is 25.0 Å². The van der Waals surface area contributed by atoms with E-state index in [-0.39, 0.29) is 12.0 Å². The average molecular weight is 432 g/mol. The van der Waals surface area contributed by atoms with E-state index in [4.69, 9.17) is 30.3 Å². The van der Waals surface area contributed by atoms with Crippen LogP contribution in [0.5, 0.6) is 0 Å². The zero-order valence-corrected chi connectivity index (χ0v) is 17.6. The molecule has 0 saturated carbocycles. The van der Waals surface area contributed by atoms with Gasteiger partial charge in [0.05, 0.1) is 42.0 Å². The van der Waals surface area contributed by atoms with Gasteiger partial charge < -0.3 is 20.1 Å². The summed E-state index contributed by atoms with van der Waals surface area (Å²) in [5.74, 6) is 0.972. The molecule has 0 amide bonds. The maximum Gasteiger partial charge on any atom is 0.228 e. The van der Waals surface area contributed by atoms with Gasteiger partial charge in [-0.2, -0.15) is 10.1 Å². The van der Waals surface area contributed by atoms with Gasteiger partial charge in [0.1, 0.15) is 0 Å². The Morgan fingerprint density at radius 1 is 0.938 bits per heavy atom. The Hall–Kier alpha value is -3.37. The van der Waals surface area contributed by atoms with Gasteiger partial charge in [0, 0.05) is 43.4 Å². The molecule has 3 aromatic heterocycles. The molecule has 4 aromatic rings. The lowest BCUT2D eigenvalue weighted by Gasteiger charge is -2.27. The molecule has 0 bridgehead atoms. The fourth-order valence-electron chi connectivity index (χ4n) is 4.43. The summed E-state index contributed by atoms with van der Waals surface area (Å²) in [4.78, 5) is 20.6. The first-order valence-corrected chi connectivity index (χ1v) is 10.9. The van der Waals surface area contributed by atoms with Crippen molar-refractivity contribution in [2.45, 2.75) is 18.9 Å². The third kappa shape index (κ3) is 3.41. The lowest BCUT2D eigenvalue weighted by molar-refractivity contribution is 0.0673. The minimum absolute atomic E-state index is 0.266. The van der Waals surface area contributed by atoms with Crippen molar-refractivity contribution in [3.05, 3.63) is 30.6 Å². The van der Waals surface area contributed by atoms with E-state index in [9.17, 15) is 0 Å². The number of morpholine rings is 1. The van der Waals surface area contributed by atoms with Gasteiger partial charge >= 0.3 is 0 Å². The van der Waals surface area contributed by atoms with Gasteiger partial charge in [-0.15, -0.1) is 0 Å². The minimum Gasteiger partial charge on any atom is -0.381 e. The number of ether oxygens (including phenoxy) is 2. The van der Waals surface area contributed by atoms with Crippen LogP contribution in [0.4, 0.5) is 11.9 Å². The van der Waals surface area contributed by atoms with Crippen LogP contribution < -0.4 is 10.6 Å². The first-order chi connectivity index (χ1) is 15.8. The van der Waals surface area contributed by atoms with Crippen LogP contribution in [0.25, 0.3) is 33.2 Å². The number of nitrogen functional groups attached to an aromatic ring is 1. The molecule has 2 saturated heterocycles. The lowest BCUT2D eigenvalue weighted by atomic mass is 10.1. The van der Waals surface area contributed by atoms with Crippen molar-refractivity contribution in [2.24, 2.45) is 0 Å². The zero-order valence-electron chi connectivity index (χ0n) is 17.6. The molecule has 0 radical (unpaired) electrons. The molecule has 2 aliphatic rings. The van der Waals surface area contributed by atoms with Gasteiger partial charge in [-0.1, -0.05) is 6.07 Å². The fraction of sp³-hybridized carbons (Fsp3) is 0.409. The highest BCUT2D eigenvalue weighted by Gasteiger charge is 2.24. The molecule has 2 N–H and O–H groups in total. The zero-order chi connectivity index (χ0) is 21.5. The van der Waals surface area contributed by atoms with Crippen LogP contribution in [-0.2, 0) is 9.47 Å². The largest absolute Gasteiger partial charge is 0.381 e. The van der Waals surface area contributed by atoms with E-state index < -0.39 is 0 Å². The lowest BCUT2D eigenvalue weighted by Crippen LogP contribution is -2.37. The SMILES string of the molecule is Nc1ncc2cc(-c3nc(N4CCOCC4)nc4c3cnn4C3CCOCC3)ccc2n1. The van der Waals surface area contributed by atoms with E-state index in [1.54, 1.807) is 6.20 Å². The number of fused-ring (bicyclic) bond motifs is 2. The summed E-state index contributed by atoms with van der Waals surface area (Å²) in [6.07, 6.45) is 5.48. The van der Waals surface area contributed by atoms with Gasteiger partial charge in [0.2, 0.25) is 11.9 Å². The van der Waals surface area contributed by atoms with E-state index in [0.717, 1.165) is 72.3 Å². The maximum absolute atomic E-state index is 5.75. The first kappa shape index (κ1) is 19.3. The van der Waals surface area contributed by atoms with Crippen molar-refractivity contribution < 1.29 is 9.47 Å². The molecule has 10 heteroatoms. The molecule has 10 nitrogen and oxygen atoms in total. The molecule has 6 rings (SSSR count). The Morgan fingerprint density at radius 3 is 2.59 bits per heavy atom. The Kier molecular flexibility index (Phi) is 4.80. The molecule has 2 fully saturated rings. The average Bonchev–Trinajstić information content (AvgIpc) is 3.28. The maximum atomic E-state index is 5.75. The summed E-state index contributed by atoms with van der Waals surface area (Å²) >= 11 is 0. The quantitative estimate of drug-likeness (QED) is 0.520. The summed E-state index contributed by atoms with van der Waals surface area (Å²) in [6.45, 7) is 4.36. The summed E-state index contributed by atoms with van der Waals surface area (Å²) in [5, 5.41) is 6.58. The van der Waals surface area contributed by atoms with Crippen LogP contribution in [0, 0.1) is 0 Å². The number of benzene rings is 1. The summed E-state index contributed by atoms with van der Waals surface area (Å²) in [7, 11) is 0. The first-order valence-electron chi connectivity index (χ1n) is 10.9. The molecular formula is C22H24N8O2. The number of aromatic nitrogens is 6. The van der Waals surface area contributed by atoms with Gasteiger partial charge in [0.25, 0.3) is 0 Å². The van der Waals surface area contributed by atoms with Crippen molar-refractivity contribution in [2.75, 3.05) is 50.2 Å². The van der Waals surface area contributed by atoms with Crippen molar-refractivity contribution >= 4 is 33.8 Å². The Bertz CT molecular complexity index is 1280. The Labute approximate surface area is 184 Å². The second-order valence-electron chi connectivity index (χ2n) is 8.14. The molecule has 0 spiro atoms. The minimum atomic E-state index is 0.266. The number of nitrogens with zero attached hydrogens (tertiary/aromatic N) is 7. The van der Waals surface area contributed by atoms with E-state index in [0.29, 0.717) is 19.2 Å². The van der Waals surface area contributed by atoms with Crippen LogP contribution >= 0.6 is 0 Å². The molecule has 0 unspecified atom stereocenters. The molecular weight excluding hydrogens is 408 g/mol. The second kappa shape index (κ2) is 7.95. The highest BCUT2D eigenvalue weighted by atomic mass is 16.5. The van der Waals surface area contributed by atoms with Crippen molar-refractivity contribution in [1.29, 1.82) is 0 Å². The molecule has 2 aliphatic heterocycles. The van der Waals surface area contributed by atoms with Crippen molar-refractivity contribution in [3.63, 3.8) is 0 Å². The topological polar surface area (TPSA) is 117 Å². The molecule has 1 aromatic carbocycles. The number of rotatable bonds is 3. The van der Waals surface area contributed by atoms with Crippen molar-refractivity contribution in [1.82, 2.24) is 29.7 Å². The Morgan fingerprint density at radius 2 is 1.75 bits per heavy atom. The van der Waals surface area contributed by atoms with Crippen LogP contribution in [0.1, 0.15) is 18.9 Å². The van der Waals surface area contributed by atoms with Gasteiger partial charge in [-0.3, -0.25) is 0 Å². The summed E-state index contributed by atoms with van der Waals surface area (Å²) in [5.41, 5.74) is 9.23. The monoisotopic (exact) mass is 432 g/mol. The van der Waals surface area contributed by atoms with Crippen LogP contribution in [0.15, 0.2) is 30.6 Å². The highest BCUT2D eigenvalue weighted by Crippen LogP contribution is 2.33. The predicted octanol–water partition coefficient (Wildman–Crippen LogP) is 2.21. The second-order valence-corrected chi connectivity index (χ2v) is 8.14. The molecule has 5 heterocycles. The normalized spacial score (nSPS) is 17.9. The third-order valence-electron chi connectivity index (χ3n) is 6.14. The predicted molar refractivity (Wildman–Crippen MR) is 120 cm³/mol. The smallest absolute Gasteiger partial charge is 0.228 e. The molecule has 0 atom stereocenters. The fourth-order valence-corrected chi connectivity index (χ4v) is 4.43. The van der Waals surface area contributed by atoms with Crippen LogP contribution in [0.2, 0.25) is 0 Å². The molecule has 32 heavy (non-hydrogen) atoms. The van der Waals surface area contributed by atoms with E-state index in [2.05, 4.69) is 19.5 Å². The van der Waals surface area contributed by atoms with Crippen molar-refractivity contribution in [3.8, 4) is 11.3 Å². The van der Waals surface area contributed by atoms with Crippen LogP contribution in [0.3, 0.4) is 0 Å². The standard InChI is InChI=1S/C22H24N8O2/c23-21-24-12-15-11-14(1-2-18(15)26-21)19-17-13-25-30(16-3-7-31-8-4-16)20(17)28-22(27-19)29-5-9-32-10-6-29/h1-2,11-13,16H,3-10H2,(H2,23,24,26). The summed E-state index contributed by atoms with van der Waals surface area (Å²) in [6, 6.07) is 6.29. The summed E-state index contributed by atoms with van der Waals surface area (Å²) < 4.78 is 13.1.